The highest BCUT2D eigenvalue weighted by atomic mass is 32.2. The Bertz CT molecular complexity index is 594. The van der Waals surface area contributed by atoms with Crippen LogP contribution in [0.3, 0.4) is 0 Å². The van der Waals surface area contributed by atoms with E-state index in [0.29, 0.717) is 6.42 Å². The van der Waals surface area contributed by atoms with Crippen LogP contribution in [-0.4, -0.2) is 25.5 Å². The molecule has 0 aliphatic carbocycles. The van der Waals surface area contributed by atoms with Crippen molar-refractivity contribution in [3.63, 3.8) is 0 Å². The van der Waals surface area contributed by atoms with Crippen LogP contribution in [0.2, 0.25) is 0 Å². The molecule has 0 N–H and O–H groups in total. The van der Waals surface area contributed by atoms with E-state index in [1.54, 1.807) is 23.8 Å². The van der Waals surface area contributed by atoms with Gasteiger partial charge in [0.25, 0.3) is 0 Å². The van der Waals surface area contributed by atoms with Gasteiger partial charge in [-0.1, -0.05) is 23.6 Å². The number of nitrogens with zero attached hydrogens (tertiary/aromatic N) is 3. The van der Waals surface area contributed by atoms with Gasteiger partial charge in [0.2, 0.25) is 0 Å². The van der Waals surface area contributed by atoms with E-state index >= 15 is 0 Å². The summed E-state index contributed by atoms with van der Waals surface area (Å²) in [6.07, 6.45) is 5.94. The maximum Gasteiger partial charge on any atom is 0.185 e. The summed E-state index contributed by atoms with van der Waals surface area (Å²) >= 11 is 1.29. The molecule has 0 bridgehead atoms. The minimum absolute atomic E-state index is 0.129. The van der Waals surface area contributed by atoms with E-state index in [1.165, 1.54) is 11.8 Å². The fourth-order valence-corrected chi connectivity index (χ4v) is 1.81. The minimum atomic E-state index is 0.129. The fraction of sp³-hybridized carbons (Fsp3) is 0.250. The number of hydrogen-bond donors (Lipinski definition) is 0. The second-order valence-corrected chi connectivity index (χ2v) is 4.61. The smallest absolute Gasteiger partial charge is 0.185 e. The molecule has 0 aromatic carbocycles. The number of carbonyl (C=O) groups excluding carboxylic acids is 1. The Balaban J connectivity index is 2.04. The van der Waals surface area contributed by atoms with Gasteiger partial charge in [0, 0.05) is 31.5 Å². The molecular weight excluding hydrogens is 234 g/mol. The van der Waals surface area contributed by atoms with E-state index in [-0.39, 0.29) is 5.12 Å². The highest BCUT2D eigenvalue weighted by Gasteiger charge is 2.00. The van der Waals surface area contributed by atoms with E-state index in [9.17, 15) is 4.79 Å². The van der Waals surface area contributed by atoms with Crippen LogP contribution in [0.25, 0.3) is 5.65 Å². The van der Waals surface area contributed by atoms with Crippen LogP contribution in [0.15, 0.2) is 24.7 Å². The number of hydrogen-bond acceptors (Lipinski definition) is 4. The van der Waals surface area contributed by atoms with Crippen LogP contribution >= 0.6 is 11.8 Å². The monoisotopic (exact) mass is 245 g/mol. The first kappa shape index (κ1) is 11.7. The van der Waals surface area contributed by atoms with Crippen LogP contribution in [-0.2, 0) is 4.79 Å². The van der Waals surface area contributed by atoms with Crippen LogP contribution in [0, 0.1) is 11.8 Å². The van der Waals surface area contributed by atoms with Crippen molar-refractivity contribution in [2.24, 2.45) is 0 Å². The van der Waals surface area contributed by atoms with Crippen molar-refractivity contribution in [3.05, 3.63) is 30.2 Å². The standard InChI is InChI=1S/C12H11N3OS/c1-10(16)17-8-3-2-5-11-9-14-15-7-4-6-13-12(11)15/h4,6-7,9H,3,8H2,1H3. The third-order valence-electron chi connectivity index (χ3n) is 2.03. The van der Waals surface area contributed by atoms with Crippen LogP contribution in [0.1, 0.15) is 18.9 Å². The first-order chi connectivity index (χ1) is 8.27. The molecule has 2 rings (SSSR count). The molecule has 0 fully saturated rings. The second kappa shape index (κ2) is 5.51. The van der Waals surface area contributed by atoms with Gasteiger partial charge in [-0.25, -0.2) is 9.50 Å². The van der Waals surface area contributed by atoms with Crippen molar-refractivity contribution in [1.29, 1.82) is 0 Å². The second-order valence-electron chi connectivity index (χ2n) is 3.34. The average Bonchev–Trinajstić information content (AvgIpc) is 2.72. The molecule has 4 nitrogen and oxygen atoms in total. The summed E-state index contributed by atoms with van der Waals surface area (Å²) in [4.78, 5) is 14.9. The number of aromatic nitrogens is 3. The van der Waals surface area contributed by atoms with Crippen molar-refractivity contribution in [2.45, 2.75) is 13.3 Å². The molecule has 17 heavy (non-hydrogen) atoms. The first-order valence-electron chi connectivity index (χ1n) is 5.18. The molecule has 0 aliphatic heterocycles. The number of carbonyl (C=O) groups is 1. The van der Waals surface area contributed by atoms with Gasteiger partial charge in [0.1, 0.15) is 0 Å². The van der Waals surface area contributed by atoms with Gasteiger partial charge < -0.3 is 0 Å². The van der Waals surface area contributed by atoms with E-state index in [1.807, 2.05) is 12.3 Å². The molecule has 5 heteroatoms. The topological polar surface area (TPSA) is 47.3 Å². The quantitative estimate of drug-likeness (QED) is 0.597. The van der Waals surface area contributed by atoms with Crippen molar-refractivity contribution >= 4 is 22.5 Å². The number of fused-ring (bicyclic) bond motifs is 1. The Morgan fingerprint density at radius 3 is 3.29 bits per heavy atom. The third kappa shape index (κ3) is 3.08. The molecule has 2 heterocycles. The summed E-state index contributed by atoms with van der Waals surface area (Å²) < 4.78 is 1.69. The van der Waals surface area contributed by atoms with Gasteiger partial charge in [-0.2, -0.15) is 5.10 Å². The molecule has 0 saturated heterocycles. The molecule has 0 amide bonds. The van der Waals surface area contributed by atoms with Crippen molar-refractivity contribution in [2.75, 3.05) is 5.75 Å². The van der Waals surface area contributed by atoms with Crippen molar-refractivity contribution in [1.82, 2.24) is 14.6 Å². The Morgan fingerprint density at radius 1 is 1.59 bits per heavy atom. The van der Waals surface area contributed by atoms with Crippen LogP contribution in [0.4, 0.5) is 0 Å². The summed E-state index contributed by atoms with van der Waals surface area (Å²) in [7, 11) is 0. The molecule has 0 atom stereocenters. The van der Waals surface area contributed by atoms with Gasteiger partial charge in [0.05, 0.1) is 11.8 Å². The zero-order chi connectivity index (χ0) is 12.1. The predicted octanol–water partition coefficient (Wildman–Crippen LogP) is 1.75. The zero-order valence-electron chi connectivity index (χ0n) is 9.38. The van der Waals surface area contributed by atoms with Crippen LogP contribution in [0.5, 0.6) is 0 Å². The van der Waals surface area contributed by atoms with Gasteiger partial charge in [-0.3, -0.25) is 4.79 Å². The summed E-state index contributed by atoms with van der Waals surface area (Å²) in [6.45, 7) is 1.56. The lowest BCUT2D eigenvalue weighted by molar-refractivity contribution is -0.109. The highest BCUT2D eigenvalue weighted by Crippen LogP contribution is 2.05. The summed E-state index contributed by atoms with van der Waals surface area (Å²) in [6, 6.07) is 1.82. The van der Waals surface area contributed by atoms with Crippen molar-refractivity contribution in [3.8, 4) is 11.8 Å². The van der Waals surface area contributed by atoms with E-state index in [0.717, 1.165) is 17.0 Å². The van der Waals surface area contributed by atoms with Gasteiger partial charge in [0.15, 0.2) is 10.8 Å². The Labute approximate surface area is 103 Å². The molecule has 0 unspecified atom stereocenters. The zero-order valence-corrected chi connectivity index (χ0v) is 10.2. The van der Waals surface area contributed by atoms with E-state index in [4.69, 9.17) is 0 Å². The summed E-state index contributed by atoms with van der Waals surface area (Å²) in [5.41, 5.74) is 1.58. The maximum absolute atomic E-state index is 10.7. The molecule has 2 aromatic heterocycles. The molecule has 0 aliphatic rings. The van der Waals surface area contributed by atoms with Crippen LogP contribution < -0.4 is 0 Å². The SMILES string of the molecule is CC(=O)SCCC#Cc1cnn2cccnc12. The Morgan fingerprint density at radius 2 is 2.47 bits per heavy atom. The van der Waals surface area contributed by atoms with E-state index < -0.39 is 0 Å². The number of rotatable bonds is 2. The average molecular weight is 245 g/mol. The van der Waals surface area contributed by atoms with Gasteiger partial charge >= 0.3 is 0 Å². The lowest BCUT2D eigenvalue weighted by Gasteiger charge is -1.90. The molecule has 0 saturated carbocycles. The van der Waals surface area contributed by atoms with Crippen molar-refractivity contribution < 1.29 is 4.79 Å². The van der Waals surface area contributed by atoms with Gasteiger partial charge in [-0.05, 0) is 6.07 Å². The normalized spacial score (nSPS) is 9.94. The fourth-order valence-electron chi connectivity index (χ4n) is 1.32. The molecule has 0 radical (unpaired) electrons. The largest absolute Gasteiger partial charge is 0.288 e. The van der Waals surface area contributed by atoms with Gasteiger partial charge in [-0.15, -0.1) is 0 Å². The highest BCUT2D eigenvalue weighted by molar-refractivity contribution is 8.13. The summed E-state index contributed by atoms with van der Waals surface area (Å²) in [5, 5.41) is 4.27. The predicted molar refractivity (Wildman–Crippen MR) is 67.6 cm³/mol. The number of thioether (sulfide) groups is 1. The first-order valence-corrected chi connectivity index (χ1v) is 6.16. The lowest BCUT2D eigenvalue weighted by atomic mass is 10.3. The molecular formula is C12H11N3OS. The molecule has 86 valence electrons. The third-order valence-corrected chi connectivity index (χ3v) is 2.85. The summed E-state index contributed by atoms with van der Waals surface area (Å²) in [5.74, 6) is 6.77. The Kier molecular flexibility index (Phi) is 3.78. The molecule has 2 aromatic rings. The molecule has 0 spiro atoms. The lowest BCUT2D eigenvalue weighted by Crippen LogP contribution is -1.87. The maximum atomic E-state index is 10.7. The minimum Gasteiger partial charge on any atom is -0.288 e. The van der Waals surface area contributed by atoms with E-state index in [2.05, 4.69) is 21.9 Å². The Hall–Kier alpha value is -1.80.